The number of carboxylic acids is 1. The maximum atomic E-state index is 12.2. The van der Waals surface area contributed by atoms with Crippen molar-refractivity contribution in [3.63, 3.8) is 0 Å². The van der Waals surface area contributed by atoms with Gasteiger partial charge in [-0.15, -0.1) is 0 Å². The van der Waals surface area contributed by atoms with E-state index >= 15 is 0 Å². The molecule has 7 nitrogen and oxygen atoms in total. The number of amides is 2. The van der Waals surface area contributed by atoms with Crippen LogP contribution in [0.15, 0.2) is 24.3 Å². The molecule has 1 fully saturated rings. The van der Waals surface area contributed by atoms with Gasteiger partial charge >= 0.3 is 5.97 Å². The molecule has 1 aliphatic rings. The van der Waals surface area contributed by atoms with E-state index in [0.29, 0.717) is 11.3 Å². The molecule has 1 saturated carbocycles. The van der Waals surface area contributed by atoms with Gasteiger partial charge in [-0.2, -0.15) is 0 Å². The molecule has 0 spiro atoms. The van der Waals surface area contributed by atoms with Crippen LogP contribution >= 0.6 is 0 Å². The molecule has 142 valence electrons. The van der Waals surface area contributed by atoms with Crippen LogP contribution in [-0.2, 0) is 14.4 Å². The van der Waals surface area contributed by atoms with Crippen LogP contribution < -0.4 is 15.4 Å². The van der Waals surface area contributed by atoms with Gasteiger partial charge in [0.25, 0.3) is 0 Å². The summed E-state index contributed by atoms with van der Waals surface area (Å²) in [6.07, 6.45) is 3.94. The molecule has 0 bridgehead atoms. The third kappa shape index (κ3) is 5.47. The molecule has 0 aliphatic heterocycles. The molecule has 0 heterocycles. The molecular formula is C19H26N2O5. The standard InChI is InChI=1S/C19H26N2O5/c1-12(20-18(23)14-5-3-4-6-14)11-16(22)21-17(19(24)25)13-7-9-15(26-2)10-8-13/h7-10,12,14,17H,3-6,11H2,1-2H3,(H,20,23)(H,21,22)(H,24,25). The summed E-state index contributed by atoms with van der Waals surface area (Å²) in [4.78, 5) is 35.8. The molecule has 2 rings (SSSR count). The van der Waals surface area contributed by atoms with E-state index in [-0.39, 0.29) is 24.3 Å². The number of carbonyl (C=O) groups excluding carboxylic acids is 2. The smallest absolute Gasteiger partial charge is 0.330 e. The second kappa shape index (κ2) is 9.22. The van der Waals surface area contributed by atoms with E-state index in [4.69, 9.17) is 4.74 Å². The zero-order chi connectivity index (χ0) is 19.1. The van der Waals surface area contributed by atoms with Crippen LogP contribution in [0.5, 0.6) is 5.75 Å². The van der Waals surface area contributed by atoms with Crippen LogP contribution in [0, 0.1) is 5.92 Å². The van der Waals surface area contributed by atoms with Crippen LogP contribution in [0.3, 0.4) is 0 Å². The Labute approximate surface area is 153 Å². The van der Waals surface area contributed by atoms with Gasteiger partial charge in [0, 0.05) is 18.4 Å². The number of aliphatic carboxylic acids is 1. The molecule has 26 heavy (non-hydrogen) atoms. The van der Waals surface area contributed by atoms with Gasteiger partial charge in [-0.3, -0.25) is 9.59 Å². The van der Waals surface area contributed by atoms with Crippen molar-refractivity contribution in [2.45, 2.75) is 51.1 Å². The Hall–Kier alpha value is -2.57. The first-order valence-corrected chi connectivity index (χ1v) is 8.87. The molecule has 0 saturated heterocycles. The van der Waals surface area contributed by atoms with Crippen molar-refractivity contribution >= 4 is 17.8 Å². The van der Waals surface area contributed by atoms with Gasteiger partial charge in [0.2, 0.25) is 11.8 Å². The highest BCUT2D eigenvalue weighted by Crippen LogP contribution is 2.25. The summed E-state index contributed by atoms with van der Waals surface area (Å²) in [5, 5.41) is 14.8. The summed E-state index contributed by atoms with van der Waals surface area (Å²) in [5.74, 6) is -0.953. The molecule has 0 aromatic heterocycles. The van der Waals surface area contributed by atoms with Gasteiger partial charge in [-0.05, 0) is 37.5 Å². The Morgan fingerprint density at radius 2 is 1.77 bits per heavy atom. The predicted octanol–water partition coefficient (Wildman–Crippen LogP) is 2.02. The molecule has 1 aromatic carbocycles. The average molecular weight is 362 g/mol. The first-order chi connectivity index (χ1) is 12.4. The molecule has 2 unspecified atom stereocenters. The van der Waals surface area contributed by atoms with Crippen molar-refractivity contribution in [3.8, 4) is 5.75 Å². The topological polar surface area (TPSA) is 105 Å². The minimum Gasteiger partial charge on any atom is -0.497 e. The van der Waals surface area contributed by atoms with E-state index in [1.807, 2.05) is 0 Å². The normalized spacial score (nSPS) is 16.5. The monoisotopic (exact) mass is 362 g/mol. The van der Waals surface area contributed by atoms with Crippen molar-refractivity contribution < 1.29 is 24.2 Å². The summed E-state index contributed by atoms with van der Waals surface area (Å²) in [7, 11) is 1.52. The van der Waals surface area contributed by atoms with Gasteiger partial charge in [-0.25, -0.2) is 4.79 Å². The largest absolute Gasteiger partial charge is 0.497 e. The van der Waals surface area contributed by atoms with E-state index in [1.165, 1.54) is 7.11 Å². The lowest BCUT2D eigenvalue weighted by atomic mass is 10.1. The Morgan fingerprint density at radius 3 is 2.31 bits per heavy atom. The van der Waals surface area contributed by atoms with Crippen molar-refractivity contribution in [2.75, 3.05) is 7.11 Å². The minimum absolute atomic E-state index is 0.0206. The lowest BCUT2D eigenvalue weighted by molar-refractivity contribution is -0.142. The third-order valence-electron chi connectivity index (χ3n) is 4.61. The van der Waals surface area contributed by atoms with Crippen LogP contribution in [0.4, 0.5) is 0 Å². The molecule has 3 N–H and O–H groups in total. The number of hydrogen-bond acceptors (Lipinski definition) is 4. The van der Waals surface area contributed by atoms with Crippen LogP contribution in [0.1, 0.15) is 50.6 Å². The number of hydrogen-bond donors (Lipinski definition) is 3. The molecule has 2 amide bonds. The SMILES string of the molecule is COc1ccc(C(NC(=O)CC(C)NC(=O)C2CCCC2)C(=O)O)cc1. The van der Waals surface area contributed by atoms with Crippen LogP contribution in [0.25, 0.3) is 0 Å². The van der Waals surface area contributed by atoms with Crippen molar-refractivity contribution in [1.82, 2.24) is 10.6 Å². The van der Waals surface area contributed by atoms with Gasteiger partial charge in [0.1, 0.15) is 5.75 Å². The average Bonchev–Trinajstić information content (AvgIpc) is 3.14. The minimum atomic E-state index is -1.15. The maximum absolute atomic E-state index is 12.2. The Balaban J connectivity index is 1.90. The van der Waals surface area contributed by atoms with Crippen LogP contribution in [-0.4, -0.2) is 36.0 Å². The Kier molecular flexibility index (Phi) is 7.00. The number of nitrogens with one attached hydrogen (secondary N) is 2. The lowest BCUT2D eigenvalue weighted by Gasteiger charge is -2.19. The van der Waals surface area contributed by atoms with E-state index in [2.05, 4.69) is 10.6 Å². The second-order valence-corrected chi connectivity index (χ2v) is 6.71. The highest BCUT2D eigenvalue weighted by atomic mass is 16.5. The highest BCUT2D eigenvalue weighted by molar-refractivity contribution is 5.85. The summed E-state index contributed by atoms with van der Waals surface area (Å²) >= 11 is 0. The fourth-order valence-corrected chi connectivity index (χ4v) is 3.18. The molecular weight excluding hydrogens is 336 g/mol. The fraction of sp³-hybridized carbons (Fsp3) is 0.526. The quantitative estimate of drug-likeness (QED) is 0.656. The van der Waals surface area contributed by atoms with Crippen LogP contribution in [0.2, 0.25) is 0 Å². The summed E-state index contributed by atoms with van der Waals surface area (Å²) in [5.41, 5.74) is 0.453. The number of methoxy groups -OCH3 is 1. The number of benzene rings is 1. The fourth-order valence-electron chi connectivity index (χ4n) is 3.18. The number of rotatable bonds is 8. The zero-order valence-electron chi connectivity index (χ0n) is 15.2. The summed E-state index contributed by atoms with van der Waals surface area (Å²) < 4.78 is 5.05. The number of ether oxygens (including phenoxy) is 1. The van der Waals surface area contributed by atoms with E-state index in [9.17, 15) is 19.5 Å². The number of carbonyl (C=O) groups is 3. The van der Waals surface area contributed by atoms with E-state index in [1.54, 1.807) is 31.2 Å². The zero-order valence-corrected chi connectivity index (χ0v) is 15.2. The lowest BCUT2D eigenvalue weighted by Crippen LogP contribution is -2.41. The van der Waals surface area contributed by atoms with Crippen molar-refractivity contribution in [3.05, 3.63) is 29.8 Å². The second-order valence-electron chi connectivity index (χ2n) is 6.71. The highest BCUT2D eigenvalue weighted by Gasteiger charge is 2.26. The molecule has 1 aliphatic carbocycles. The predicted molar refractivity (Wildman–Crippen MR) is 95.7 cm³/mol. The van der Waals surface area contributed by atoms with Crippen molar-refractivity contribution in [2.24, 2.45) is 5.92 Å². The summed E-state index contributed by atoms with van der Waals surface area (Å²) in [6.45, 7) is 1.75. The van der Waals surface area contributed by atoms with E-state index in [0.717, 1.165) is 25.7 Å². The first-order valence-electron chi connectivity index (χ1n) is 8.87. The van der Waals surface area contributed by atoms with Gasteiger partial charge < -0.3 is 20.5 Å². The Bertz CT molecular complexity index is 638. The molecule has 0 radical (unpaired) electrons. The molecule has 2 atom stereocenters. The van der Waals surface area contributed by atoms with Gasteiger partial charge in [0.05, 0.1) is 7.11 Å². The van der Waals surface area contributed by atoms with Crippen molar-refractivity contribution in [1.29, 1.82) is 0 Å². The van der Waals surface area contributed by atoms with Gasteiger partial charge in [-0.1, -0.05) is 25.0 Å². The Morgan fingerprint density at radius 1 is 1.15 bits per heavy atom. The number of carboxylic acid groups (broad SMARTS) is 1. The first kappa shape index (κ1) is 19.8. The third-order valence-corrected chi connectivity index (χ3v) is 4.61. The molecule has 1 aromatic rings. The molecule has 7 heteroatoms. The van der Waals surface area contributed by atoms with Gasteiger partial charge in [0.15, 0.2) is 6.04 Å². The maximum Gasteiger partial charge on any atom is 0.330 e. The van der Waals surface area contributed by atoms with E-state index < -0.39 is 17.9 Å². The summed E-state index contributed by atoms with van der Waals surface area (Å²) in [6, 6.07) is 4.98.